The Bertz CT molecular complexity index is 545. The molecule has 0 radical (unpaired) electrons. The number of hydrogen-bond donors (Lipinski definition) is 0. The first kappa shape index (κ1) is 15.6. The Balaban J connectivity index is 2.17. The van der Waals surface area contributed by atoms with E-state index in [1.807, 2.05) is 0 Å². The second-order valence-electron chi connectivity index (χ2n) is 5.08. The number of carbonyl (C=O) groups excluding carboxylic acids is 1. The third-order valence-electron chi connectivity index (χ3n) is 3.54. The average molecular weight is 295 g/mol. The van der Waals surface area contributed by atoms with Gasteiger partial charge in [0.25, 0.3) is 5.91 Å². The van der Waals surface area contributed by atoms with Gasteiger partial charge in [-0.1, -0.05) is 6.08 Å². The highest BCUT2D eigenvalue weighted by molar-refractivity contribution is 5.97. The molecule has 1 atom stereocenters. The van der Waals surface area contributed by atoms with Gasteiger partial charge in [0.05, 0.1) is 12.3 Å². The molecule has 0 aromatic heterocycles. The van der Waals surface area contributed by atoms with Crippen LogP contribution in [0.25, 0.3) is 0 Å². The maximum Gasteiger partial charge on any atom is 0.255 e. The third kappa shape index (κ3) is 3.47. The van der Waals surface area contributed by atoms with Crippen molar-refractivity contribution in [3.8, 4) is 0 Å². The Morgan fingerprint density at radius 1 is 1.48 bits per heavy atom. The molecule has 114 valence electrons. The van der Waals surface area contributed by atoms with E-state index < -0.39 is 17.7 Å². The Kier molecular flexibility index (Phi) is 5.07. The van der Waals surface area contributed by atoms with Gasteiger partial charge in [-0.15, -0.1) is 6.58 Å². The molecule has 5 heteroatoms. The molecule has 1 heterocycles. The highest BCUT2D eigenvalue weighted by Crippen LogP contribution is 2.30. The smallest absolute Gasteiger partial charge is 0.255 e. The van der Waals surface area contributed by atoms with Crippen LogP contribution in [0.4, 0.5) is 14.5 Å². The third-order valence-corrected chi connectivity index (χ3v) is 3.54. The van der Waals surface area contributed by atoms with Crippen molar-refractivity contribution in [1.29, 1.82) is 0 Å². The maximum atomic E-state index is 13.4. The molecule has 0 aliphatic carbocycles. The molecule has 1 amide bonds. The van der Waals surface area contributed by atoms with Crippen LogP contribution in [0.15, 0.2) is 24.8 Å². The lowest BCUT2D eigenvalue weighted by Crippen LogP contribution is -2.42. The Morgan fingerprint density at radius 3 is 2.90 bits per heavy atom. The van der Waals surface area contributed by atoms with Crippen molar-refractivity contribution in [2.45, 2.75) is 32.3 Å². The summed E-state index contributed by atoms with van der Waals surface area (Å²) in [6.07, 6.45) is 3.12. The molecule has 1 aromatic carbocycles. The molecule has 0 fully saturated rings. The molecule has 0 saturated heterocycles. The predicted octanol–water partition coefficient (Wildman–Crippen LogP) is 3.23. The SMILES string of the molecule is C=CCCOC(C)C(=O)N1CCCc2cc(F)c(F)cc21. The minimum absolute atomic E-state index is 0.231. The van der Waals surface area contributed by atoms with Crippen LogP contribution in [0.1, 0.15) is 25.3 Å². The van der Waals surface area contributed by atoms with Crippen molar-refractivity contribution in [2.24, 2.45) is 0 Å². The van der Waals surface area contributed by atoms with Gasteiger partial charge in [0.1, 0.15) is 6.10 Å². The van der Waals surface area contributed by atoms with Crippen LogP contribution in [0, 0.1) is 11.6 Å². The topological polar surface area (TPSA) is 29.5 Å². The van der Waals surface area contributed by atoms with Gasteiger partial charge in [0.15, 0.2) is 11.6 Å². The number of benzene rings is 1. The molecule has 1 unspecified atom stereocenters. The fourth-order valence-electron chi connectivity index (χ4n) is 2.42. The van der Waals surface area contributed by atoms with Crippen LogP contribution >= 0.6 is 0 Å². The summed E-state index contributed by atoms with van der Waals surface area (Å²) in [5.41, 5.74) is 1.11. The van der Waals surface area contributed by atoms with Crippen LogP contribution < -0.4 is 4.90 Å². The Morgan fingerprint density at radius 2 is 2.19 bits per heavy atom. The number of anilines is 1. The van der Waals surface area contributed by atoms with Crippen molar-refractivity contribution < 1.29 is 18.3 Å². The highest BCUT2D eigenvalue weighted by Gasteiger charge is 2.28. The summed E-state index contributed by atoms with van der Waals surface area (Å²) in [4.78, 5) is 13.9. The van der Waals surface area contributed by atoms with Gasteiger partial charge in [0.2, 0.25) is 0 Å². The minimum Gasteiger partial charge on any atom is -0.368 e. The molecule has 1 aromatic rings. The summed E-state index contributed by atoms with van der Waals surface area (Å²) in [5, 5.41) is 0. The van der Waals surface area contributed by atoms with Crippen LogP contribution in [0.3, 0.4) is 0 Å². The zero-order valence-corrected chi connectivity index (χ0v) is 12.1. The van der Waals surface area contributed by atoms with Gasteiger partial charge < -0.3 is 9.64 Å². The van der Waals surface area contributed by atoms with Gasteiger partial charge in [-0.25, -0.2) is 8.78 Å². The average Bonchev–Trinajstić information content (AvgIpc) is 2.47. The highest BCUT2D eigenvalue weighted by atomic mass is 19.2. The van der Waals surface area contributed by atoms with Crippen molar-refractivity contribution in [3.05, 3.63) is 42.0 Å². The van der Waals surface area contributed by atoms with E-state index >= 15 is 0 Å². The minimum atomic E-state index is -0.936. The zero-order valence-electron chi connectivity index (χ0n) is 12.1. The lowest BCUT2D eigenvalue weighted by molar-refractivity contribution is -0.129. The van der Waals surface area contributed by atoms with Gasteiger partial charge in [-0.05, 0) is 37.8 Å². The molecular weight excluding hydrogens is 276 g/mol. The van der Waals surface area contributed by atoms with E-state index in [1.54, 1.807) is 13.0 Å². The number of rotatable bonds is 5. The molecular formula is C16H19F2NO2. The number of halogens is 2. The molecule has 0 saturated carbocycles. The molecule has 0 spiro atoms. The quantitative estimate of drug-likeness (QED) is 0.616. The molecule has 0 bridgehead atoms. The summed E-state index contributed by atoms with van der Waals surface area (Å²) in [5.74, 6) is -2.04. The van der Waals surface area contributed by atoms with Crippen LogP contribution in [0.5, 0.6) is 0 Å². The van der Waals surface area contributed by atoms with E-state index in [0.29, 0.717) is 37.2 Å². The van der Waals surface area contributed by atoms with Crippen LogP contribution in [-0.4, -0.2) is 25.2 Å². The summed E-state index contributed by atoms with van der Waals surface area (Å²) in [6.45, 7) is 6.16. The van der Waals surface area contributed by atoms with Gasteiger partial charge >= 0.3 is 0 Å². The summed E-state index contributed by atoms with van der Waals surface area (Å²) in [7, 11) is 0. The first-order valence-electron chi connectivity index (χ1n) is 7.06. The zero-order chi connectivity index (χ0) is 15.4. The Hall–Kier alpha value is -1.75. The summed E-state index contributed by atoms with van der Waals surface area (Å²) >= 11 is 0. The van der Waals surface area contributed by atoms with Crippen molar-refractivity contribution >= 4 is 11.6 Å². The molecule has 0 N–H and O–H groups in total. The number of fused-ring (bicyclic) bond motifs is 1. The van der Waals surface area contributed by atoms with Crippen LogP contribution in [-0.2, 0) is 16.0 Å². The van der Waals surface area contributed by atoms with Crippen molar-refractivity contribution in [3.63, 3.8) is 0 Å². The molecule has 3 nitrogen and oxygen atoms in total. The second kappa shape index (κ2) is 6.80. The number of nitrogens with zero attached hydrogens (tertiary/aromatic N) is 1. The lowest BCUT2D eigenvalue weighted by atomic mass is 10.0. The lowest BCUT2D eigenvalue weighted by Gasteiger charge is -2.31. The summed E-state index contributed by atoms with van der Waals surface area (Å²) < 4.78 is 32.2. The predicted molar refractivity (Wildman–Crippen MR) is 77.3 cm³/mol. The number of hydrogen-bond acceptors (Lipinski definition) is 2. The summed E-state index contributed by atoms with van der Waals surface area (Å²) in [6, 6.07) is 2.27. The van der Waals surface area contributed by atoms with Gasteiger partial charge in [-0.2, -0.15) is 0 Å². The Labute approximate surface area is 123 Å². The fraction of sp³-hybridized carbons (Fsp3) is 0.438. The van der Waals surface area contributed by atoms with Crippen molar-refractivity contribution in [1.82, 2.24) is 0 Å². The molecule has 21 heavy (non-hydrogen) atoms. The van der Waals surface area contributed by atoms with Crippen LogP contribution in [0.2, 0.25) is 0 Å². The maximum absolute atomic E-state index is 13.4. The van der Waals surface area contributed by atoms with E-state index in [4.69, 9.17) is 4.74 Å². The largest absolute Gasteiger partial charge is 0.368 e. The first-order chi connectivity index (χ1) is 10.0. The number of amides is 1. The van der Waals surface area contributed by atoms with E-state index in [9.17, 15) is 13.6 Å². The van der Waals surface area contributed by atoms with E-state index in [1.165, 1.54) is 11.0 Å². The van der Waals surface area contributed by atoms with Crippen molar-refractivity contribution in [2.75, 3.05) is 18.1 Å². The number of carbonyl (C=O) groups is 1. The molecule has 1 aliphatic rings. The molecule has 1 aliphatic heterocycles. The second-order valence-corrected chi connectivity index (χ2v) is 5.08. The fourth-order valence-corrected chi connectivity index (χ4v) is 2.42. The number of ether oxygens (including phenoxy) is 1. The van der Waals surface area contributed by atoms with Gasteiger partial charge in [-0.3, -0.25) is 4.79 Å². The standard InChI is InChI=1S/C16H19F2NO2/c1-3-4-8-21-11(2)16(20)19-7-5-6-12-9-13(17)14(18)10-15(12)19/h3,9-11H,1,4-8H2,2H3. The van der Waals surface area contributed by atoms with E-state index in [-0.39, 0.29) is 5.91 Å². The monoisotopic (exact) mass is 295 g/mol. The normalized spacial score (nSPS) is 15.5. The van der Waals surface area contributed by atoms with E-state index in [0.717, 1.165) is 12.5 Å². The van der Waals surface area contributed by atoms with Gasteiger partial charge in [0, 0.05) is 12.6 Å². The van der Waals surface area contributed by atoms with E-state index in [2.05, 4.69) is 6.58 Å². The molecule has 2 rings (SSSR count). The first-order valence-corrected chi connectivity index (χ1v) is 7.06. The number of aryl methyl sites for hydroxylation is 1.